The van der Waals surface area contributed by atoms with Crippen molar-refractivity contribution in [3.05, 3.63) is 75.4 Å². The maximum absolute atomic E-state index is 13.4. The van der Waals surface area contributed by atoms with Crippen LogP contribution in [-0.2, 0) is 19.0 Å². The molecule has 0 atom stereocenters. The van der Waals surface area contributed by atoms with Crippen LogP contribution in [0.1, 0.15) is 16.7 Å². The third-order valence-corrected chi connectivity index (χ3v) is 5.23. The SMILES string of the molecule is NCCc1ccccc1CCNc1nc(Nc2ccc(Cl)c(Cl)c2)ncc1C(F)(F)F. The fraction of sp³-hybridized carbons (Fsp3) is 0.238. The minimum Gasteiger partial charge on any atom is -0.369 e. The van der Waals surface area contributed by atoms with Crippen molar-refractivity contribution in [3.63, 3.8) is 0 Å². The van der Waals surface area contributed by atoms with E-state index in [0.29, 0.717) is 35.1 Å². The fourth-order valence-corrected chi connectivity index (χ4v) is 3.30. The van der Waals surface area contributed by atoms with Crippen LogP contribution in [0.25, 0.3) is 0 Å². The number of aromatic nitrogens is 2. The monoisotopic (exact) mass is 469 g/mol. The van der Waals surface area contributed by atoms with Gasteiger partial charge in [0.25, 0.3) is 0 Å². The first-order valence-electron chi connectivity index (χ1n) is 9.45. The van der Waals surface area contributed by atoms with E-state index >= 15 is 0 Å². The van der Waals surface area contributed by atoms with Gasteiger partial charge >= 0.3 is 6.18 Å². The molecule has 164 valence electrons. The quantitative estimate of drug-likeness (QED) is 0.394. The Morgan fingerprint density at radius 3 is 2.32 bits per heavy atom. The topological polar surface area (TPSA) is 75.9 Å². The third kappa shape index (κ3) is 6.22. The summed E-state index contributed by atoms with van der Waals surface area (Å²) in [5.74, 6) is -0.307. The maximum Gasteiger partial charge on any atom is 0.421 e. The zero-order valence-electron chi connectivity index (χ0n) is 16.3. The number of hydrogen-bond acceptors (Lipinski definition) is 5. The van der Waals surface area contributed by atoms with Gasteiger partial charge < -0.3 is 16.4 Å². The molecule has 0 fully saturated rings. The summed E-state index contributed by atoms with van der Waals surface area (Å²) in [6, 6.07) is 12.4. The van der Waals surface area contributed by atoms with Gasteiger partial charge in [-0.05, 0) is 48.7 Å². The molecule has 0 amide bonds. The summed E-state index contributed by atoms with van der Waals surface area (Å²) in [5.41, 5.74) is 7.29. The molecule has 4 N–H and O–H groups in total. The number of rotatable bonds is 8. The number of benzene rings is 2. The summed E-state index contributed by atoms with van der Waals surface area (Å²) in [6.45, 7) is 0.756. The lowest BCUT2D eigenvalue weighted by atomic mass is 10.0. The molecule has 0 radical (unpaired) electrons. The van der Waals surface area contributed by atoms with Crippen molar-refractivity contribution in [1.82, 2.24) is 9.97 Å². The highest BCUT2D eigenvalue weighted by molar-refractivity contribution is 6.42. The summed E-state index contributed by atoms with van der Waals surface area (Å²) < 4.78 is 40.3. The van der Waals surface area contributed by atoms with Crippen molar-refractivity contribution in [3.8, 4) is 0 Å². The second-order valence-corrected chi connectivity index (χ2v) is 7.51. The standard InChI is InChI=1S/C21H20Cl2F3N5/c22-17-6-5-15(11-18(17)23)30-20-29-12-16(21(24,25)26)19(31-20)28-10-8-14-4-2-1-3-13(14)7-9-27/h1-6,11-12H,7-10,27H2,(H2,28,29,30,31). The minimum absolute atomic E-state index is 0.00239. The van der Waals surface area contributed by atoms with E-state index in [0.717, 1.165) is 17.3 Å². The van der Waals surface area contributed by atoms with Crippen LogP contribution in [0.3, 0.4) is 0 Å². The highest BCUT2D eigenvalue weighted by Crippen LogP contribution is 2.34. The summed E-state index contributed by atoms with van der Waals surface area (Å²) >= 11 is 11.9. The van der Waals surface area contributed by atoms with Crippen molar-refractivity contribution in [2.24, 2.45) is 5.73 Å². The Morgan fingerprint density at radius 1 is 0.968 bits per heavy atom. The van der Waals surface area contributed by atoms with Crippen LogP contribution in [0.5, 0.6) is 0 Å². The molecule has 3 aromatic rings. The molecule has 2 aromatic carbocycles. The predicted octanol–water partition coefficient (Wildman–Crippen LogP) is 5.70. The van der Waals surface area contributed by atoms with Crippen LogP contribution in [0, 0.1) is 0 Å². The van der Waals surface area contributed by atoms with Crippen molar-refractivity contribution in [2.75, 3.05) is 23.7 Å². The van der Waals surface area contributed by atoms with Crippen LogP contribution in [0.2, 0.25) is 10.0 Å². The molecule has 1 heterocycles. The summed E-state index contributed by atoms with van der Waals surface area (Å²) in [5, 5.41) is 6.29. The zero-order chi connectivity index (χ0) is 22.4. The molecule has 0 spiro atoms. The zero-order valence-corrected chi connectivity index (χ0v) is 17.8. The van der Waals surface area contributed by atoms with E-state index in [-0.39, 0.29) is 18.3 Å². The number of nitrogens with zero attached hydrogens (tertiary/aromatic N) is 2. The van der Waals surface area contributed by atoms with Gasteiger partial charge in [-0.2, -0.15) is 18.2 Å². The Labute approximate surface area is 187 Å². The number of alkyl halides is 3. The van der Waals surface area contributed by atoms with E-state index < -0.39 is 11.7 Å². The van der Waals surface area contributed by atoms with Crippen molar-refractivity contribution in [2.45, 2.75) is 19.0 Å². The smallest absolute Gasteiger partial charge is 0.369 e. The molecule has 5 nitrogen and oxygen atoms in total. The van der Waals surface area contributed by atoms with Crippen molar-refractivity contribution < 1.29 is 13.2 Å². The Hall–Kier alpha value is -2.55. The first-order chi connectivity index (χ1) is 14.8. The van der Waals surface area contributed by atoms with Crippen LogP contribution in [0.4, 0.5) is 30.6 Å². The molecule has 31 heavy (non-hydrogen) atoms. The first kappa shape index (κ1) is 23.1. The van der Waals surface area contributed by atoms with Gasteiger partial charge in [0, 0.05) is 18.4 Å². The van der Waals surface area contributed by atoms with E-state index in [1.807, 2.05) is 24.3 Å². The Kier molecular flexibility index (Phi) is 7.59. The highest BCUT2D eigenvalue weighted by atomic mass is 35.5. The van der Waals surface area contributed by atoms with Crippen LogP contribution in [0.15, 0.2) is 48.7 Å². The number of nitrogens with two attached hydrogens (primary N) is 1. The van der Waals surface area contributed by atoms with Gasteiger partial charge in [-0.1, -0.05) is 47.5 Å². The molecular weight excluding hydrogens is 450 g/mol. The molecule has 0 unspecified atom stereocenters. The van der Waals surface area contributed by atoms with Crippen molar-refractivity contribution >= 4 is 40.7 Å². The normalized spacial score (nSPS) is 11.4. The second-order valence-electron chi connectivity index (χ2n) is 6.69. The highest BCUT2D eigenvalue weighted by Gasteiger charge is 2.35. The first-order valence-corrected chi connectivity index (χ1v) is 10.2. The molecule has 0 aliphatic carbocycles. The lowest BCUT2D eigenvalue weighted by Crippen LogP contribution is -2.16. The molecule has 0 aliphatic heterocycles. The second kappa shape index (κ2) is 10.2. The molecule has 0 saturated carbocycles. The lowest BCUT2D eigenvalue weighted by Gasteiger charge is -2.15. The lowest BCUT2D eigenvalue weighted by molar-refractivity contribution is -0.137. The molecule has 3 rings (SSSR count). The van der Waals surface area contributed by atoms with Gasteiger partial charge in [0.05, 0.1) is 10.0 Å². The van der Waals surface area contributed by atoms with Gasteiger partial charge in [0.1, 0.15) is 11.4 Å². The van der Waals surface area contributed by atoms with Gasteiger partial charge in [-0.3, -0.25) is 0 Å². The predicted molar refractivity (Wildman–Crippen MR) is 118 cm³/mol. The molecule has 0 saturated heterocycles. The molecule has 10 heteroatoms. The van der Waals surface area contributed by atoms with E-state index in [1.165, 1.54) is 6.07 Å². The largest absolute Gasteiger partial charge is 0.421 e. The van der Waals surface area contributed by atoms with Crippen LogP contribution >= 0.6 is 23.2 Å². The number of anilines is 3. The van der Waals surface area contributed by atoms with Gasteiger partial charge in [-0.25, -0.2) is 4.98 Å². The Bertz CT molecular complexity index is 1040. The third-order valence-electron chi connectivity index (χ3n) is 4.49. The van der Waals surface area contributed by atoms with E-state index in [9.17, 15) is 13.2 Å². The Balaban J connectivity index is 1.78. The van der Waals surface area contributed by atoms with Gasteiger partial charge in [-0.15, -0.1) is 0 Å². The number of halogens is 5. The van der Waals surface area contributed by atoms with Crippen LogP contribution in [-0.4, -0.2) is 23.1 Å². The minimum atomic E-state index is -4.60. The number of nitrogens with one attached hydrogen (secondary N) is 2. The molecular formula is C21H20Cl2F3N5. The summed E-state index contributed by atoms with van der Waals surface area (Å²) in [4.78, 5) is 7.81. The van der Waals surface area contributed by atoms with Crippen molar-refractivity contribution in [1.29, 1.82) is 0 Å². The summed E-state index contributed by atoms with van der Waals surface area (Å²) in [7, 11) is 0. The van der Waals surface area contributed by atoms with Gasteiger partial charge in [0.15, 0.2) is 0 Å². The molecule has 0 aliphatic rings. The fourth-order valence-electron chi connectivity index (χ4n) is 3.00. The average Bonchev–Trinajstić information content (AvgIpc) is 2.71. The van der Waals surface area contributed by atoms with E-state index in [2.05, 4.69) is 20.6 Å². The van der Waals surface area contributed by atoms with E-state index in [4.69, 9.17) is 28.9 Å². The maximum atomic E-state index is 13.4. The number of hydrogen-bond donors (Lipinski definition) is 3. The van der Waals surface area contributed by atoms with Crippen LogP contribution < -0.4 is 16.4 Å². The molecule has 1 aromatic heterocycles. The summed E-state index contributed by atoms with van der Waals surface area (Å²) in [6.07, 6.45) is -2.62. The van der Waals surface area contributed by atoms with E-state index in [1.54, 1.807) is 12.1 Å². The Morgan fingerprint density at radius 2 is 1.68 bits per heavy atom. The van der Waals surface area contributed by atoms with Gasteiger partial charge in [0.2, 0.25) is 5.95 Å². The average molecular weight is 470 g/mol. The molecule has 0 bridgehead atoms.